The Kier molecular flexibility index (Phi) is 2.34. The minimum absolute atomic E-state index is 0.264. The maximum absolute atomic E-state index is 5.38. The van der Waals surface area contributed by atoms with Crippen molar-refractivity contribution in [3.05, 3.63) is 132 Å². The van der Waals surface area contributed by atoms with Crippen molar-refractivity contribution in [2.75, 3.05) is 6.16 Å². The number of rotatable bonds is 7. The van der Waals surface area contributed by atoms with E-state index in [1.54, 1.807) is 11.1 Å². The number of benzene rings is 2. The van der Waals surface area contributed by atoms with E-state index in [0.29, 0.717) is 17.3 Å². The third kappa shape index (κ3) is 0.697. The molecule has 0 radical (unpaired) electrons. The molecule has 242 valence electrons. The monoisotopic (exact) mass is 696 g/mol. The zero-order chi connectivity index (χ0) is 32.0. The van der Waals surface area contributed by atoms with Crippen LogP contribution in [0.15, 0.2) is 109 Å². The van der Waals surface area contributed by atoms with E-state index in [4.69, 9.17) is 9.97 Å². The molecule has 5 heteroatoms. The molecule has 10 aliphatic heterocycles. The summed E-state index contributed by atoms with van der Waals surface area (Å²) in [6.07, 6.45) is 5.60. The molecule has 2 aromatic carbocycles. The molecular formula is C42H46FeN2P2. The average Bonchev–Trinajstić information content (AvgIpc) is 4.02. The first-order valence-electron chi connectivity index (χ1n) is 17.9. The van der Waals surface area contributed by atoms with E-state index in [0.717, 1.165) is 28.9 Å². The van der Waals surface area contributed by atoms with Crippen molar-refractivity contribution in [2.45, 2.75) is 103 Å². The Bertz CT molecular complexity index is 2470. The fraction of sp³-hybridized carbons (Fsp3) is 0.476. The second-order valence-corrected chi connectivity index (χ2v) is 48.3. The van der Waals surface area contributed by atoms with E-state index in [2.05, 4.69) is 160 Å². The van der Waals surface area contributed by atoms with Crippen LogP contribution in [0, 0.1) is 0 Å². The van der Waals surface area contributed by atoms with Crippen molar-refractivity contribution in [1.82, 2.24) is 9.97 Å². The molecule has 12 heterocycles. The van der Waals surface area contributed by atoms with Gasteiger partial charge in [-0.2, -0.15) is 0 Å². The van der Waals surface area contributed by atoms with Gasteiger partial charge in [-0.3, -0.25) is 0 Å². The number of fused-ring (bicyclic) bond motifs is 10. The molecule has 0 amide bonds. The van der Waals surface area contributed by atoms with Gasteiger partial charge in [-0.25, -0.2) is 0 Å². The van der Waals surface area contributed by atoms with Gasteiger partial charge < -0.3 is 0 Å². The molecule has 47 heavy (non-hydrogen) atoms. The second-order valence-electron chi connectivity index (χ2n) is 20.9. The predicted molar refractivity (Wildman–Crippen MR) is 194 cm³/mol. The van der Waals surface area contributed by atoms with Crippen molar-refractivity contribution in [1.29, 1.82) is 0 Å². The van der Waals surface area contributed by atoms with Crippen molar-refractivity contribution in [3.63, 3.8) is 0 Å². The molecule has 2 aromatic heterocycles. The van der Waals surface area contributed by atoms with Crippen LogP contribution in [0.5, 0.6) is 0 Å². The number of aromatic nitrogens is 2. The van der Waals surface area contributed by atoms with E-state index >= 15 is 0 Å². The van der Waals surface area contributed by atoms with Gasteiger partial charge in [-0.1, -0.05) is 0 Å². The van der Waals surface area contributed by atoms with Gasteiger partial charge in [0.1, 0.15) is 0 Å². The van der Waals surface area contributed by atoms with Crippen LogP contribution in [-0.4, -0.2) is 26.4 Å². The number of nitrogens with zero attached hydrogens (tertiary/aromatic N) is 2. The molecule has 14 rings (SSSR count). The molecule has 6 unspecified atom stereocenters. The Morgan fingerprint density at radius 1 is 0.638 bits per heavy atom. The molecule has 1 spiro atoms. The van der Waals surface area contributed by atoms with Crippen LogP contribution in [0.4, 0.5) is 0 Å². The van der Waals surface area contributed by atoms with E-state index in [1.807, 2.05) is 0 Å². The zero-order valence-electron chi connectivity index (χ0n) is 28.3. The fourth-order valence-electron chi connectivity index (χ4n) is 25.8. The first kappa shape index (κ1) is 26.0. The number of pyridine rings is 2. The normalized spacial score (nSPS) is 56.4. The SMILES string of the molecule is CC(C)(C)P(C[C]12[C]3(c4ccccc4)[C]4(c5ccccc5)[CH]5[C]1(C(P)(c1ccccn1)c1ccccn1)[Fe]54231678[CH]2[CH]1[CH]6[CH]7[CH]28)C(C)(C)C. The van der Waals surface area contributed by atoms with Crippen molar-refractivity contribution in [3.8, 4) is 0 Å². The van der Waals surface area contributed by atoms with Gasteiger partial charge >= 0.3 is 275 Å². The summed E-state index contributed by atoms with van der Waals surface area (Å²) in [6, 6.07) is 38.2. The van der Waals surface area contributed by atoms with Crippen LogP contribution in [0.3, 0.4) is 0 Å². The van der Waals surface area contributed by atoms with Gasteiger partial charge in [0.25, 0.3) is 0 Å². The van der Waals surface area contributed by atoms with Crippen molar-refractivity contribution < 1.29 is 6.51 Å². The predicted octanol–water partition coefficient (Wildman–Crippen LogP) is 11.0. The third-order valence-electron chi connectivity index (χ3n) is 22.6. The molecular weight excluding hydrogens is 650 g/mol. The molecule has 0 bridgehead atoms. The number of hydrogen-bond acceptors (Lipinski definition) is 2. The van der Waals surface area contributed by atoms with E-state index < -0.39 is 6.51 Å². The van der Waals surface area contributed by atoms with Gasteiger partial charge in [-0.05, 0) is 0 Å². The quantitative estimate of drug-likeness (QED) is 0.142. The standard InChI is InChI=1S/C37H41N2P2.C5H5.Fe/c1-35(2,3)41(36(4,5)6)26-30-31(37(40,32-21-13-15-23-38-32)33-22-14-16-24-39-33)25-29(27-17-9-7-10-18-27)34(30)28-19-11-8-12-20-28;1-2-4-5-3-1;/h7-25H,26,40H2,1-6H3;1-5H;. The van der Waals surface area contributed by atoms with E-state index in [9.17, 15) is 0 Å². The Hall–Kier alpha value is -1.88. The van der Waals surface area contributed by atoms with Crippen LogP contribution in [0.2, 0.25) is 37.5 Å². The molecule has 10 fully saturated rings. The second kappa shape index (κ2) is 4.24. The van der Waals surface area contributed by atoms with Crippen LogP contribution in [0.25, 0.3) is 0 Å². The van der Waals surface area contributed by atoms with Gasteiger partial charge in [0.15, 0.2) is 0 Å². The van der Waals surface area contributed by atoms with Crippen LogP contribution in [0.1, 0.15) is 64.1 Å². The van der Waals surface area contributed by atoms with Gasteiger partial charge in [0.05, 0.1) is 0 Å². The molecule has 0 aliphatic carbocycles. The summed E-state index contributed by atoms with van der Waals surface area (Å²) >= 11 is 0. The number of hydrogen-bond donors (Lipinski definition) is 0. The summed E-state index contributed by atoms with van der Waals surface area (Å²) < 4.78 is 1.50. The summed E-state index contributed by atoms with van der Waals surface area (Å²) in [6.45, 7) is 10.7. The van der Waals surface area contributed by atoms with Crippen LogP contribution in [-0.2, 0) is 20.3 Å². The van der Waals surface area contributed by atoms with Gasteiger partial charge in [0, 0.05) is 0 Å². The molecule has 2 nitrogen and oxygen atoms in total. The summed E-state index contributed by atoms with van der Waals surface area (Å²) in [5.41, 5.74) is 6.08. The Morgan fingerprint density at radius 3 is 1.49 bits per heavy atom. The van der Waals surface area contributed by atoms with Crippen molar-refractivity contribution in [2.24, 2.45) is 0 Å². The molecule has 0 N–H and O–H groups in total. The van der Waals surface area contributed by atoms with Crippen LogP contribution < -0.4 is 0 Å². The summed E-state index contributed by atoms with van der Waals surface area (Å²) in [5.74, 6) is 0. The minimum atomic E-state index is -4.85. The van der Waals surface area contributed by atoms with Gasteiger partial charge in [0.2, 0.25) is 0 Å². The molecule has 0 saturated carbocycles. The van der Waals surface area contributed by atoms with Gasteiger partial charge in [-0.15, -0.1) is 0 Å². The van der Waals surface area contributed by atoms with E-state index in [-0.39, 0.29) is 23.4 Å². The zero-order valence-corrected chi connectivity index (χ0v) is 31.5. The molecule has 10 saturated heterocycles. The average molecular weight is 697 g/mol. The molecule has 10 aliphatic rings. The first-order valence-corrected chi connectivity index (χ1v) is 26.1. The Morgan fingerprint density at radius 2 is 1.09 bits per heavy atom. The maximum atomic E-state index is 5.38. The molecule has 4 aromatic rings. The topological polar surface area (TPSA) is 25.8 Å². The first-order chi connectivity index (χ1) is 22.2. The van der Waals surface area contributed by atoms with E-state index in [1.165, 1.54) is 17.5 Å². The summed E-state index contributed by atoms with van der Waals surface area (Å²) in [5, 5.41) is 0.306. The molecule has 6 atom stereocenters. The Balaban J connectivity index is 1.21. The fourth-order valence-corrected chi connectivity index (χ4v) is 117. The van der Waals surface area contributed by atoms with Crippen LogP contribution >= 0.6 is 17.2 Å². The Labute approximate surface area is 273 Å². The van der Waals surface area contributed by atoms with Crippen molar-refractivity contribution >= 4 is 17.2 Å². The summed E-state index contributed by atoms with van der Waals surface area (Å²) in [7, 11) is 3.39. The summed E-state index contributed by atoms with van der Waals surface area (Å²) in [4.78, 5) is 16.8. The third-order valence-corrected chi connectivity index (χ3v) is 72.6.